The Kier molecular flexibility index (Phi) is 11.2. The number of ether oxygens (including phenoxy) is 3. The number of nitrogens with zero attached hydrogens (tertiary/aromatic N) is 4. The van der Waals surface area contributed by atoms with Gasteiger partial charge in [0.25, 0.3) is 0 Å². The number of hydrogen-bond donors (Lipinski definition) is 5. The van der Waals surface area contributed by atoms with Gasteiger partial charge in [0, 0.05) is 49.6 Å². The number of benzene rings is 2. The van der Waals surface area contributed by atoms with Gasteiger partial charge >= 0.3 is 12.2 Å². The molecule has 2 saturated carbocycles. The number of nitrogens with one attached hydrogen (secondary N) is 4. The molecule has 0 spiro atoms. The van der Waals surface area contributed by atoms with E-state index in [4.69, 9.17) is 42.4 Å². The van der Waals surface area contributed by atoms with Crippen molar-refractivity contribution in [2.45, 2.75) is 87.6 Å². The van der Waals surface area contributed by atoms with Gasteiger partial charge in [-0.15, -0.1) is 0 Å². The Balaban J connectivity index is 0.846. The van der Waals surface area contributed by atoms with Crippen LogP contribution in [0.15, 0.2) is 36.4 Å². The fourth-order valence-electron chi connectivity index (χ4n) is 10.5. The molecule has 18 heteroatoms. The second-order valence-electron chi connectivity index (χ2n) is 17.7. The van der Waals surface area contributed by atoms with Gasteiger partial charge in [-0.2, -0.15) is 0 Å². The Hall–Kier alpha value is -5.34. The highest BCUT2D eigenvalue weighted by atomic mass is 35.5. The molecule has 0 unspecified atom stereocenters. The maximum absolute atomic E-state index is 14.2. The summed E-state index contributed by atoms with van der Waals surface area (Å²) >= 11 is 13.4. The lowest BCUT2D eigenvalue weighted by Gasteiger charge is -2.35. The lowest BCUT2D eigenvalue weighted by molar-refractivity contribution is -0.138. The van der Waals surface area contributed by atoms with Crippen LogP contribution in [0, 0.1) is 35.5 Å². The molecule has 4 aromatic rings. The standard InChI is InChI=1S/C45H48Cl2N8O8/c1-61-45(60)51-37(24-10-14-63-15-11-24)43(57)54-31-18-28(31)20-33(54)40-48-30(38(46)52-40)7-3-22-2-4-26-17-27(6-5-25(26)16-22)35-39(47)53-41(49-35)34-21-29-19-32(29)55(34)42(56)36(50-44(58)59)23-8-12-62-13-9-23/h2,4-6,16-17,23-24,28-29,31-34,36-37,50H,8-15,18-21H2,1H3,(H,48,52)(H,49,53)(H,51,60)(H,58,59)/t28-,29+,31+,32+,33-,34-,36-,37-/m0/s1. The second-order valence-corrected chi connectivity index (χ2v) is 18.4. The molecule has 6 aliphatic rings. The Morgan fingerprint density at radius 1 is 0.762 bits per heavy atom. The number of carbonyl (C=O) groups is 4. The highest BCUT2D eigenvalue weighted by molar-refractivity contribution is 6.32. The number of carboxylic acid groups (broad SMARTS) is 1. The van der Waals surface area contributed by atoms with Crippen molar-refractivity contribution in [2.24, 2.45) is 23.7 Å². The van der Waals surface area contributed by atoms with Crippen LogP contribution in [0.3, 0.4) is 0 Å². The normalized spacial score (nSPS) is 26.3. The summed E-state index contributed by atoms with van der Waals surface area (Å²) in [5.74, 6) is 7.64. The van der Waals surface area contributed by atoms with Crippen LogP contribution in [0.4, 0.5) is 9.59 Å². The summed E-state index contributed by atoms with van der Waals surface area (Å²) in [6.45, 7) is 2.05. The molecule has 4 saturated heterocycles. The molecule has 63 heavy (non-hydrogen) atoms. The van der Waals surface area contributed by atoms with Gasteiger partial charge in [0.15, 0.2) is 10.3 Å². The number of H-pyrrole nitrogens is 2. The summed E-state index contributed by atoms with van der Waals surface area (Å²) in [5, 5.41) is 17.4. The summed E-state index contributed by atoms with van der Waals surface area (Å²) in [7, 11) is 1.29. The van der Waals surface area contributed by atoms with Gasteiger partial charge in [0.05, 0.1) is 24.9 Å². The zero-order chi connectivity index (χ0) is 43.5. The first-order valence-corrected chi connectivity index (χ1v) is 22.5. The summed E-state index contributed by atoms with van der Waals surface area (Å²) in [5.41, 5.74) is 2.68. The van der Waals surface area contributed by atoms with Gasteiger partial charge in [-0.05, 0) is 110 Å². The van der Waals surface area contributed by atoms with Gasteiger partial charge in [0.2, 0.25) is 11.8 Å². The van der Waals surface area contributed by atoms with Gasteiger partial charge < -0.3 is 49.7 Å². The predicted molar refractivity (Wildman–Crippen MR) is 230 cm³/mol. The number of alkyl carbamates (subject to hydrolysis) is 1. The molecule has 8 atom stereocenters. The zero-order valence-corrected chi connectivity index (χ0v) is 36.1. The average molecular weight is 900 g/mol. The molecule has 2 aromatic carbocycles. The van der Waals surface area contributed by atoms with Gasteiger partial charge in [-0.1, -0.05) is 47.3 Å². The molecule has 0 bridgehead atoms. The van der Waals surface area contributed by atoms with Crippen molar-refractivity contribution in [1.29, 1.82) is 0 Å². The van der Waals surface area contributed by atoms with Crippen molar-refractivity contribution >= 4 is 58.0 Å². The molecule has 0 radical (unpaired) electrons. The Bertz CT molecular complexity index is 2520. The SMILES string of the molecule is COC(=O)N[C@H](C(=O)N1[C@@H]2C[C@H]2C[C@H]1c1nc(Cl)c(C#Cc2ccc3cc(-c4[nH]c([C@@H]5C[C@H]6C[C@H]6N5C(=O)[C@@H](NC(=O)O)C5CCOCC5)nc4Cl)ccc3c2)[nH]1)C1CCOCC1. The van der Waals surface area contributed by atoms with Gasteiger partial charge in [0.1, 0.15) is 29.4 Å². The molecule has 6 heterocycles. The maximum atomic E-state index is 14.2. The number of amides is 4. The van der Waals surface area contributed by atoms with E-state index in [-0.39, 0.29) is 53.0 Å². The molecule has 6 fully saturated rings. The number of fused-ring (bicyclic) bond motifs is 3. The number of carbonyl (C=O) groups excluding carboxylic acids is 3. The maximum Gasteiger partial charge on any atom is 0.407 e. The molecule has 10 rings (SSSR count). The lowest BCUT2D eigenvalue weighted by atomic mass is 9.90. The first-order chi connectivity index (χ1) is 30.5. The monoisotopic (exact) mass is 898 g/mol. The van der Waals surface area contributed by atoms with Crippen molar-refractivity contribution in [2.75, 3.05) is 33.5 Å². The average Bonchev–Trinajstić information content (AvgIpc) is 4.01. The molecule has 16 nitrogen and oxygen atoms in total. The van der Waals surface area contributed by atoms with Crippen molar-refractivity contribution < 1.29 is 38.5 Å². The largest absolute Gasteiger partial charge is 0.465 e. The number of aromatic amines is 2. The van der Waals surface area contributed by atoms with Crippen LogP contribution >= 0.6 is 23.2 Å². The third-order valence-electron chi connectivity index (χ3n) is 13.9. The van der Waals surface area contributed by atoms with Gasteiger partial charge in [-0.25, -0.2) is 19.6 Å². The van der Waals surface area contributed by atoms with E-state index in [1.54, 1.807) is 0 Å². The fraction of sp³-hybridized carbons (Fsp3) is 0.511. The molecule has 330 valence electrons. The van der Waals surface area contributed by atoms with E-state index in [2.05, 4.69) is 37.4 Å². The molecular weight excluding hydrogens is 851 g/mol. The third-order valence-corrected chi connectivity index (χ3v) is 14.5. The van der Waals surface area contributed by atoms with Crippen molar-refractivity contribution in [3.05, 3.63) is 69.6 Å². The van der Waals surface area contributed by atoms with Crippen LogP contribution < -0.4 is 10.6 Å². The number of methoxy groups -OCH3 is 1. The molecular formula is C45H48Cl2N8O8. The first-order valence-electron chi connectivity index (χ1n) is 21.8. The highest BCUT2D eigenvalue weighted by Gasteiger charge is 2.58. The first kappa shape index (κ1) is 41.7. The van der Waals surface area contributed by atoms with E-state index in [0.29, 0.717) is 92.1 Å². The summed E-state index contributed by atoms with van der Waals surface area (Å²) in [6, 6.07) is 9.73. The minimum absolute atomic E-state index is 0.0504. The minimum Gasteiger partial charge on any atom is -0.465 e. The predicted octanol–water partition coefficient (Wildman–Crippen LogP) is 6.20. The molecule has 2 aliphatic carbocycles. The number of likely N-dealkylation sites (tertiary alicyclic amines) is 2. The summed E-state index contributed by atoms with van der Waals surface area (Å²) in [6.07, 6.45) is 3.96. The van der Waals surface area contributed by atoms with E-state index >= 15 is 0 Å². The Morgan fingerprint density at radius 3 is 1.92 bits per heavy atom. The third kappa shape index (κ3) is 8.20. The van der Waals surface area contributed by atoms with Gasteiger partial charge in [-0.3, -0.25) is 9.59 Å². The molecule has 2 aromatic heterocycles. The van der Waals surface area contributed by atoms with E-state index in [1.807, 2.05) is 46.2 Å². The molecule has 5 N–H and O–H groups in total. The topological polar surface area (TPSA) is 204 Å². The quantitative estimate of drug-likeness (QED) is 0.120. The number of imidazole rings is 2. The van der Waals surface area contributed by atoms with Crippen LogP contribution in [-0.2, 0) is 23.8 Å². The number of piperidine rings is 2. The summed E-state index contributed by atoms with van der Waals surface area (Å²) in [4.78, 5) is 72.3. The van der Waals surface area contributed by atoms with Crippen LogP contribution in [0.5, 0.6) is 0 Å². The van der Waals surface area contributed by atoms with Crippen LogP contribution in [-0.4, -0.2) is 117 Å². The number of rotatable bonds is 9. The smallest absolute Gasteiger partial charge is 0.407 e. The van der Waals surface area contributed by atoms with E-state index in [9.17, 15) is 24.3 Å². The Morgan fingerprint density at radius 2 is 1.32 bits per heavy atom. The number of halogens is 2. The lowest BCUT2D eigenvalue weighted by Crippen LogP contribution is -2.54. The summed E-state index contributed by atoms with van der Waals surface area (Å²) < 4.78 is 15.9. The fourth-order valence-corrected chi connectivity index (χ4v) is 10.9. The molecule has 4 aliphatic heterocycles. The van der Waals surface area contributed by atoms with Crippen LogP contribution in [0.1, 0.15) is 86.4 Å². The number of hydrogen-bond acceptors (Lipinski definition) is 9. The molecule has 4 amide bonds. The van der Waals surface area contributed by atoms with E-state index in [0.717, 1.165) is 47.6 Å². The number of aromatic nitrogens is 4. The van der Waals surface area contributed by atoms with Crippen LogP contribution in [0.25, 0.3) is 22.0 Å². The second kappa shape index (κ2) is 17.0. The van der Waals surface area contributed by atoms with Crippen molar-refractivity contribution in [1.82, 2.24) is 40.4 Å². The highest BCUT2D eigenvalue weighted by Crippen LogP contribution is 2.55. The minimum atomic E-state index is -1.22. The van der Waals surface area contributed by atoms with E-state index in [1.165, 1.54) is 7.11 Å². The van der Waals surface area contributed by atoms with Crippen molar-refractivity contribution in [3.63, 3.8) is 0 Å². The zero-order valence-electron chi connectivity index (χ0n) is 34.6. The van der Waals surface area contributed by atoms with Crippen molar-refractivity contribution in [3.8, 4) is 23.1 Å². The van der Waals surface area contributed by atoms with E-state index < -0.39 is 24.3 Å². The Labute approximate surface area is 373 Å². The van der Waals surface area contributed by atoms with Crippen LogP contribution in [0.2, 0.25) is 10.3 Å².